The van der Waals surface area contributed by atoms with E-state index in [0.717, 1.165) is 36.1 Å². The first-order valence-corrected chi connectivity index (χ1v) is 10.8. The van der Waals surface area contributed by atoms with E-state index in [0.29, 0.717) is 38.3 Å². The Labute approximate surface area is 175 Å². The Morgan fingerprint density at radius 2 is 2.17 bits per heavy atom. The summed E-state index contributed by atoms with van der Waals surface area (Å²) >= 11 is 0. The van der Waals surface area contributed by atoms with Gasteiger partial charge in [0, 0.05) is 48.7 Å². The number of aromatic nitrogens is 3. The lowest BCUT2D eigenvalue weighted by Crippen LogP contribution is -2.49. The van der Waals surface area contributed by atoms with Gasteiger partial charge >= 0.3 is 0 Å². The average Bonchev–Trinajstić information content (AvgIpc) is 3.49. The van der Waals surface area contributed by atoms with Crippen molar-refractivity contribution in [2.24, 2.45) is 5.41 Å². The van der Waals surface area contributed by atoms with Gasteiger partial charge < -0.3 is 15.0 Å². The molecule has 3 aliphatic rings. The molecule has 8 heteroatoms. The molecule has 0 saturated carbocycles. The Morgan fingerprint density at radius 1 is 1.33 bits per heavy atom. The van der Waals surface area contributed by atoms with Crippen LogP contribution in [0.1, 0.15) is 59.9 Å². The summed E-state index contributed by atoms with van der Waals surface area (Å²) in [7, 11) is 0. The first-order chi connectivity index (χ1) is 14.6. The number of amides is 2. The Hall–Kier alpha value is -2.74. The summed E-state index contributed by atoms with van der Waals surface area (Å²) in [5.74, 6) is -0.0260. The van der Waals surface area contributed by atoms with E-state index in [1.807, 2.05) is 17.0 Å². The van der Waals surface area contributed by atoms with Gasteiger partial charge in [-0.3, -0.25) is 19.7 Å². The van der Waals surface area contributed by atoms with E-state index in [1.165, 1.54) is 0 Å². The van der Waals surface area contributed by atoms with Crippen LogP contribution in [-0.4, -0.2) is 50.6 Å². The van der Waals surface area contributed by atoms with Gasteiger partial charge in [-0.15, -0.1) is 0 Å². The van der Waals surface area contributed by atoms with Crippen molar-refractivity contribution < 1.29 is 14.3 Å². The summed E-state index contributed by atoms with van der Waals surface area (Å²) in [6, 6.07) is 3.80. The van der Waals surface area contributed by atoms with Crippen molar-refractivity contribution in [3.05, 3.63) is 47.0 Å². The van der Waals surface area contributed by atoms with E-state index < -0.39 is 5.41 Å². The lowest BCUT2D eigenvalue weighted by Gasteiger charge is -2.35. The normalized spacial score (nSPS) is 27.2. The number of nitrogens with zero attached hydrogens (tertiary/aromatic N) is 3. The van der Waals surface area contributed by atoms with Crippen molar-refractivity contribution in [2.45, 2.75) is 64.3 Å². The van der Waals surface area contributed by atoms with Gasteiger partial charge in [0.2, 0.25) is 5.91 Å². The second-order valence-corrected chi connectivity index (χ2v) is 8.54. The largest absolute Gasteiger partial charge is 0.376 e. The van der Waals surface area contributed by atoms with Crippen LogP contribution in [0, 0.1) is 5.41 Å². The van der Waals surface area contributed by atoms with E-state index in [9.17, 15) is 9.59 Å². The Morgan fingerprint density at radius 3 is 2.97 bits per heavy atom. The third-order valence-corrected chi connectivity index (χ3v) is 7.16. The number of aromatic amines is 1. The molecule has 3 atom stereocenters. The first kappa shape index (κ1) is 19.2. The number of ether oxygens (including phenoxy) is 1. The molecule has 0 aliphatic carbocycles. The average molecular weight is 409 g/mol. The fourth-order valence-electron chi connectivity index (χ4n) is 5.54. The van der Waals surface area contributed by atoms with Crippen molar-refractivity contribution in [1.82, 2.24) is 25.4 Å². The number of carbonyl (C=O) groups excluding carboxylic acids is 2. The molecule has 158 valence electrons. The molecule has 8 nitrogen and oxygen atoms in total. The number of rotatable bonds is 5. The van der Waals surface area contributed by atoms with Gasteiger partial charge in [0.05, 0.1) is 18.6 Å². The number of hydrogen-bond acceptors (Lipinski definition) is 5. The zero-order chi connectivity index (χ0) is 20.7. The Kier molecular flexibility index (Phi) is 4.81. The van der Waals surface area contributed by atoms with E-state index in [4.69, 9.17) is 4.74 Å². The van der Waals surface area contributed by atoms with Crippen LogP contribution in [0.5, 0.6) is 0 Å². The van der Waals surface area contributed by atoms with Crippen molar-refractivity contribution in [2.75, 3.05) is 6.61 Å². The van der Waals surface area contributed by atoms with Crippen LogP contribution in [0.25, 0.3) is 0 Å². The quantitative estimate of drug-likeness (QED) is 0.786. The first-order valence-electron chi connectivity index (χ1n) is 10.8. The fraction of sp³-hybridized carbons (Fsp3) is 0.545. The summed E-state index contributed by atoms with van der Waals surface area (Å²) in [6.07, 6.45) is 7.42. The second-order valence-electron chi connectivity index (χ2n) is 8.54. The van der Waals surface area contributed by atoms with Crippen LogP contribution in [0.15, 0.2) is 24.5 Å². The number of fused-ring (bicyclic) bond motifs is 3. The molecule has 2 amide bonds. The predicted octanol–water partition coefficient (Wildman–Crippen LogP) is 1.97. The number of carbonyl (C=O) groups is 2. The smallest absolute Gasteiger partial charge is 0.275 e. The maximum atomic E-state index is 13.5. The Balaban J connectivity index is 1.37. The molecule has 3 aliphatic heterocycles. The van der Waals surface area contributed by atoms with Crippen LogP contribution in [0.2, 0.25) is 0 Å². The van der Waals surface area contributed by atoms with Crippen molar-refractivity contribution in [3.63, 3.8) is 0 Å². The molecular formula is C22H27N5O3. The molecule has 2 saturated heterocycles. The summed E-state index contributed by atoms with van der Waals surface area (Å²) in [6.45, 7) is 3.59. The number of H-pyrrole nitrogens is 1. The van der Waals surface area contributed by atoms with Gasteiger partial charge in [-0.05, 0) is 43.4 Å². The molecule has 0 spiro atoms. The van der Waals surface area contributed by atoms with Crippen molar-refractivity contribution in [3.8, 4) is 0 Å². The number of nitrogens with one attached hydrogen (secondary N) is 2. The highest BCUT2D eigenvalue weighted by atomic mass is 16.5. The van der Waals surface area contributed by atoms with Gasteiger partial charge in [0.25, 0.3) is 5.91 Å². The van der Waals surface area contributed by atoms with Gasteiger partial charge in [-0.1, -0.05) is 6.92 Å². The molecule has 30 heavy (non-hydrogen) atoms. The molecule has 2 aromatic heterocycles. The minimum atomic E-state index is -0.543. The maximum Gasteiger partial charge on any atom is 0.275 e. The highest BCUT2D eigenvalue weighted by Crippen LogP contribution is 2.52. The summed E-state index contributed by atoms with van der Waals surface area (Å²) in [4.78, 5) is 32.8. The van der Waals surface area contributed by atoms with E-state index in [2.05, 4.69) is 27.4 Å². The number of pyridine rings is 1. The monoisotopic (exact) mass is 409 g/mol. The van der Waals surface area contributed by atoms with Crippen LogP contribution in [-0.2, 0) is 29.1 Å². The zero-order valence-electron chi connectivity index (χ0n) is 17.2. The molecule has 5 rings (SSSR count). The predicted molar refractivity (Wildman–Crippen MR) is 108 cm³/mol. The maximum absolute atomic E-state index is 13.5. The van der Waals surface area contributed by atoms with E-state index >= 15 is 0 Å². The van der Waals surface area contributed by atoms with Gasteiger partial charge in [0.1, 0.15) is 0 Å². The minimum Gasteiger partial charge on any atom is -0.376 e. The highest BCUT2D eigenvalue weighted by Gasteiger charge is 2.60. The van der Waals surface area contributed by atoms with Crippen LogP contribution in [0.4, 0.5) is 0 Å². The highest BCUT2D eigenvalue weighted by molar-refractivity contribution is 5.96. The molecule has 0 radical (unpaired) electrons. The van der Waals surface area contributed by atoms with E-state index in [-0.39, 0.29) is 23.9 Å². The van der Waals surface area contributed by atoms with Crippen molar-refractivity contribution >= 4 is 11.8 Å². The standard InChI is InChI=1S/C22H27N5O3/c1-2-22(21(29)24-12-14-5-8-23-9-6-14)11-15-3-4-18(22)27(15)20(28)19-16-13-30-10-7-17(16)25-26-19/h5-6,8-9,15,18H,2-4,7,10-13H2,1H3,(H,24,29)(H,25,26)/t15-,18+,22+/m1/s1. The summed E-state index contributed by atoms with van der Waals surface area (Å²) < 4.78 is 5.55. The number of hydrogen-bond donors (Lipinski definition) is 2. The second kappa shape index (κ2) is 7.50. The summed E-state index contributed by atoms with van der Waals surface area (Å²) in [5, 5.41) is 10.5. The van der Waals surface area contributed by atoms with Crippen LogP contribution < -0.4 is 5.32 Å². The third kappa shape index (κ3) is 2.93. The molecular weight excluding hydrogens is 382 g/mol. The lowest BCUT2D eigenvalue weighted by atomic mass is 9.71. The third-order valence-electron chi connectivity index (χ3n) is 7.16. The van der Waals surface area contributed by atoms with Gasteiger partial charge in [0.15, 0.2) is 5.69 Å². The van der Waals surface area contributed by atoms with Crippen molar-refractivity contribution in [1.29, 1.82) is 0 Å². The zero-order valence-corrected chi connectivity index (χ0v) is 17.2. The molecule has 0 unspecified atom stereocenters. The van der Waals surface area contributed by atoms with Crippen LogP contribution >= 0.6 is 0 Å². The fourth-order valence-corrected chi connectivity index (χ4v) is 5.54. The molecule has 0 aromatic carbocycles. The van der Waals surface area contributed by atoms with E-state index in [1.54, 1.807) is 12.4 Å². The molecule has 2 bridgehead atoms. The minimum absolute atomic E-state index is 0.0409. The molecule has 5 heterocycles. The summed E-state index contributed by atoms with van der Waals surface area (Å²) in [5.41, 5.74) is 2.81. The molecule has 2 N–H and O–H groups in total. The Bertz CT molecular complexity index is 959. The lowest BCUT2D eigenvalue weighted by molar-refractivity contribution is -0.133. The van der Waals surface area contributed by atoms with Gasteiger partial charge in [-0.2, -0.15) is 5.10 Å². The topological polar surface area (TPSA) is 100 Å². The van der Waals surface area contributed by atoms with Gasteiger partial charge in [-0.25, -0.2) is 0 Å². The molecule has 2 fully saturated rings. The SMILES string of the molecule is CC[C@]1(C(=O)NCc2ccncc2)C[C@H]2CC[C@@H]1N2C(=O)c1n[nH]c2c1COCC2. The van der Waals surface area contributed by atoms with Crippen LogP contribution in [0.3, 0.4) is 0 Å². The molecule has 2 aromatic rings.